The summed E-state index contributed by atoms with van der Waals surface area (Å²) in [5.74, 6) is -1.27. The fraction of sp³-hybridized carbons (Fsp3) is 0.238. The lowest BCUT2D eigenvalue weighted by Gasteiger charge is -2.11. The topological polar surface area (TPSA) is 135 Å². The molecule has 2 aromatic rings. The minimum Gasteiger partial charge on any atom is -0.495 e. The summed E-state index contributed by atoms with van der Waals surface area (Å²) in [5.41, 5.74) is 1.17. The molecule has 32 heavy (non-hydrogen) atoms. The Morgan fingerprint density at radius 2 is 1.47 bits per heavy atom. The predicted molar refractivity (Wildman–Crippen MR) is 117 cm³/mol. The Labute approximate surface area is 189 Å². The van der Waals surface area contributed by atoms with Crippen LogP contribution >= 0.6 is 11.6 Å². The molecule has 0 radical (unpaired) electrons. The number of ether oxygens (including phenoxy) is 2. The summed E-state index contributed by atoms with van der Waals surface area (Å²) in [6, 6.07) is 13.8. The molecule has 170 valence electrons. The van der Waals surface area contributed by atoms with E-state index in [1.54, 1.807) is 24.3 Å². The van der Waals surface area contributed by atoms with E-state index in [0.717, 1.165) is 5.56 Å². The number of carbonyl (C=O) groups is 4. The number of hydrogen-bond acceptors (Lipinski definition) is 6. The standard InChI is InChI=1S/C21H23ClN4O6/c1-31-17-8-7-15(22)9-16(17)26-20(29)12-24-18(27)10-23-19(28)11-25-21(30)32-13-14-5-3-2-4-6-14/h2-9H,10-13H2,1H3,(H,23,28)(H,24,27)(H,25,30)(H,26,29). The SMILES string of the molecule is COc1ccc(Cl)cc1NC(=O)CNC(=O)CNC(=O)CNC(=O)OCc1ccccc1. The van der Waals surface area contributed by atoms with Crippen LogP contribution in [0.1, 0.15) is 5.56 Å². The van der Waals surface area contributed by atoms with Crippen LogP contribution in [0, 0.1) is 0 Å². The van der Waals surface area contributed by atoms with E-state index in [1.807, 2.05) is 18.2 Å². The Bertz CT molecular complexity index is 955. The fourth-order valence-corrected chi connectivity index (χ4v) is 2.55. The lowest BCUT2D eigenvalue weighted by molar-refractivity contribution is -0.126. The van der Waals surface area contributed by atoms with Gasteiger partial charge in [0.15, 0.2) is 0 Å². The minimum absolute atomic E-state index is 0.0693. The highest BCUT2D eigenvalue weighted by molar-refractivity contribution is 6.31. The molecule has 0 bridgehead atoms. The zero-order chi connectivity index (χ0) is 23.3. The van der Waals surface area contributed by atoms with E-state index in [4.69, 9.17) is 21.1 Å². The summed E-state index contributed by atoms with van der Waals surface area (Å²) in [6.45, 7) is -0.989. The monoisotopic (exact) mass is 462 g/mol. The number of halogens is 1. The second-order valence-corrected chi connectivity index (χ2v) is 6.80. The summed E-state index contributed by atoms with van der Waals surface area (Å²) < 4.78 is 10.1. The van der Waals surface area contributed by atoms with Crippen LogP contribution in [-0.4, -0.2) is 50.6 Å². The largest absolute Gasteiger partial charge is 0.495 e. The van der Waals surface area contributed by atoms with Gasteiger partial charge in [0.1, 0.15) is 18.9 Å². The molecule has 0 aliphatic carbocycles. The minimum atomic E-state index is -0.762. The quantitative estimate of drug-likeness (QED) is 0.422. The van der Waals surface area contributed by atoms with Gasteiger partial charge in [0.25, 0.3) is 0 Å². The maximum Gasteiger partial charge on any atom is 0.407 e. The first-order chi connectivity index (χ1) is 15.4. The molecule has 10 nitrogen and oxygen atoms in total. The maximum atomic E-state index is 12.0. The van der Waals surface area contributed by atoms with Gasteiger partial charge in [-0.3, -0.25) is 14.4 Å². The van der Waals surface area contributed by atoms with E-state index in [9.17, 15) is 19.2 Å². The third-order valence-electron chi connectivity index (χ3n) is 3.93. The van der Waals surface area contributed by atoms with Crippen molar-refractivity contribution in [2.24, 2.45) is 0 Å². The number of nitrogens with one attached hydrogen (secondary N) is 4. The highest BCUT2D eigenvalue weighted by Crippen LogP contribution is 2.27. The van der Waals surface area contributed by atoms with Crippen LogP contribution in [0.4, 0.5) is 10.5 Å². The van der Waals surface area contributed by atoms with E-state index in [1.165, 1.54) is 13.2 Å². The van der Waals surface area contributed by atoms with Crippen molar-refractivity contribution in [2.75, 3.05) is 32.1 Å². The molecule has 11 heteroatoms. The Kier molecular flexibility index (Phi) is 9.79. The summed E-state index contributed by atoms with van der Waals surface area (Å²) in [7, 11) is 1.45. The van der Waals surface area contributed by atoms with Crippen LogP contribution < -0.4 is 26.0 Å². The third-order valence-corrected chi connectivity index (χ3v) is 4.17. The number of carbonyl (C=O) groups excluding carboxylic acids is 4. The van der Waals surface area contributed by atoms with Gasteiger partial charge in [-0.05, 0) is 23.8 Å². The summed E-state index contributed by atoms with van der Waals surface area (Å²) in [4.78, 5) is 47.2. The second kappa shape index (κ2) is 12.8. The van der Waals surface area contributed by atoms with Crippen molar-refractivity contribution in [1.82, 2.24) is 16.0 Å². The van der Waals surface area contributed by atoms with Crippen molar-refractivity contribution in [3.63, 3.8) is 0 Å². The number of rotatable bonds is 10. The number of alkyl carbamates (subject to hydrolysis) is 1. The van der Waals surface area contributed by atoms with Gasteiger partial charge < -0.3 is 30.7 Å². The first kappa shape index (κ1) is 24.5. The van der Waals surface area contributed by atoms with Crippen molar-refractivity contribution in [3.05, 3.63) is 59.1 Å². The van der Waals surface area contributed by atoms with Gasteiger partial charge in [-0.2, -0.15) is 0 Å². The van der Waals surface area contributed by atoms with Crippen LogP contribution in [0.15, 0.2) is 48.5 Å². The van der Waals surface area contributed by atoms with E-state index in [2.05, 4.69) is 21.3 Å². The molecular weight excluding hydrogens is 440 g/mol. The van der Waals surface area contributed by atoms with E-state index >= 15 is 0 Å². The smallest absolute Gasteiger partial charge is 0.407 e. The molecule has 4 amide bonds. The van der Waals surface area contributed by atoms with E-state index in [0.29, 0.717) is 16.5 Å². The molecular formula is C21H23ClN4O6. The van der Waals surface area contributed by atoms with Crippen LogP contribution in [-0.2, 0) is 25.7 Å². The average Bonchev–Trinajstić information content (AvgIpc) is 2.79. The number of benzene rings is 2. The first-order valence-corrected chi connectivity index (χ1v) is 9.86. The van der Waals surface area contributed by atoms with Crippen LogP contribution in [0.5, 0.6) is 5.75 Å². The molecule has 2 aromatic carbocycles. The highest BCUT2D eigenvalue weighted by Gasteiger charge is 2.11. The Balaban J connectivity index is 1.62. The van der Waals surface area contributed by atoms with Crippen molar-refractivity contribution in [2.45, 2.75) is 6.61 Å². The van der Waals surface area contributed by atoms with Crippen molar-refractivity contribution < 1.29 is 28.7 Å². The average molecular weight is 463 g/mol. The molecule has 2 rings (SSSR count). The molecule has 0 spiro atoms. The summed E-state index contributed by atoms with van der Waals surface area (Å²) in [5, 5.41) is 9.93. The van der Waals surface area contributed by atoms with Gasteiger partial charge in [-0.15, -0.1) is 0 Å². The van der Waals surface area contributed by atoms with Crippen LogP contribution in [0.25, 0.3) is 0 Å². The fourth-order valence-electron chi connectivity index (χ4n) is 2.38. The van der Waals surface area contributed by atoms with Gasteiger partial charge in [0, 0.05) is 5.02 Å². The van der Waals surface area contributed by atoms with Gasteiger partial charge in [-0.1, -0.05) is 41.9 Å². The molecule has 4 N–H and O–H groups in total. The number of amides is 4. The first-order valence-electron chi connectivity index (χ1n) is 9.48. The molecule has 0 fully saturated rings. The molecule has 0 aliphatic heterocycles. The number of methoxy groups -OCH3 is 1. The third kappa shape index (κ3) is 8.92. The number of hydrogen-bond donors (Lipinski definition) is 4. The predicted octanol–water partition coefficient (Wildman–Crippen LogP) is 1.45. The molecule has 0 aromatic heterocycles. The van der Waals surface area contributed by atoms with E-state index in [-0.39, 0.29) is 26.2 Å². The molecule has 0 saturated heterocycles. The summed E-state index contributed by atoms with van der Waals surface area (Å²) >= 11 is 5.90. The van der Waals surface area contributed by atoms with Crippen molar-refractivity contribution in [1.29, 1.82) is 0 Å². The number of anilines is 1. The lowest BCUT2D eigenvalue weighted by Crippen LogP contribution is -2.43. The lowest BCUT2D eigenvalue weighted by atomic mass is 10.2. The molecule has 0 aliphatic rings. The molecule has 0 unspecified atom stereocenters. The zero-order valence-corrected chi connectivity index (χ0v) is 18.0. The highest BCUT2D eigenvalue weighted by atomic mass is 35.5. The summed E-state index contributed by atoms with van der Waals surface area (Å²) in [6.07, 6.45) is -0.762. The van der Waals surface area contributed by atoms with Crippen molar-refractivity contribution >= 4 is 41.1 Å². The van der Waals surface area contributed by atoms with Gasteiger partial charge >= 0.3 is 6.09 Å². The normalized spacial score (nSPS) is 9.94. The van der Waals surface area contributed by atoms with Crippen molar-refractivity contribution in [3.8, 4) is 5.75 Å². The van der Waals surface area contributed by atoms with Gasteiger partial charge in [0.05, 0.1) is 25.9 Å². The molecule has 0 saturated carbocycles. The maximum absolute atomic E-state index is 12.0. The Morgan fingerprint density at radius 1 is 0.844 bits per heavy atom. The van der Waals surface area contributed by atoms with Gasteiger partial charge in [0.2, 0.25) is 17.7 Å². The van der Waals surface area contributed by atoms with Crippen LogP contribution in [0.2, 0.25) is 5.02 Å². The molecule has 0 heterocycles. The Morgan fingerprint density at radius 3 is 2.12 bits per heavy atom. The van der Waals surface area contributed by atoms with E-state index < -0.39 is 23.8 Å². The Hall–Kier alpha value is -3.79. The molecule has 0 atom stereocenters. The van der Waals surface area contributed by atoms with Crippen LogP contribution in [0.3, 0.4) is 0 Å². The van der Waals surface area contributed by atoms with Gasteiger partial charge in [-0.25, -0.2) is 4.79 Å². The zero-order valence-electron chi connectivity index (χ0n) is 17.3. The second-order valence-electron chi connectivity index (χ2n) is 6.36.